The van der Waals surface area contributed by atoms with Gasteiger partial charge in [-0.2, -0.15) is 4.31 Å². The number of hydrogen-bond donors (Lipinski definition) is 0. The van der Waals surface area contributed by atoms with E-state index in [-0.39, 0.29) is 23.7 Å². The van der Waals surface area contributed by atoms with E-state index in [1.54, 1.807) is 0 Å². The minimum atomic E-state index is -3.97. The Labute approximate surface area is 156 Å². The Hall–Kier alpha value is -2.16. The van der Waals surface area contributed by atoms with E-state index in [9.17, 15) is 12.8 Å². The van der Waals surface area contributed by atoms with E-state index < -0.39 is 15.8 Å². The summed E-state index contributed by atoms with van der Waals surface area (Å²) in [5.74, 6) is -0.506. The van der Waals surface area contributed by atoms with Gasteiger partial charge in [0.1, 0.15) is 16.5 Å². The Morgan fingerprint density at radius 3 is 2.62 bits per heavy atom. The van der Waals surface area contributed by atoms with E-state index in [0.29, 0.717) is 0 Å². The Balaban J connectivity index is 2.04. The van der Waals surface area contributed by atoms with E-state index in [1.165, 1.54) is 34.9 Å². The molecule has 0 saturated heterocycles. The Kier molecular flexibility index (Phi) is 5.45. The van der Waals surface area contributed by atoms with Crippen LogP contribution in [-0.2, 0) is 30.2 Å². The molecule has 0 atom stereocenters. The fourth-order valence-electron chi connectivity index (χ4n) is 2.63. The second-order valence-corrected chi connectivity index (χ2v) is 8.70. The zero-order valence-electron chi connectivity index (χ0n) is 14.4. The summed E-state index contributed by atoms with van der Waals surface area (Å²) in [5.41, 5.74) is 0.834. The molecule has 0 spiro atoms. The van der Waals surface area contributed by atoms with Crippen molar-refractivity contribution in [3.8, 4) is 5.75 Å². The second kappa shape index (κ2) is 7.61. The van der Waals surface area contributed by atoms with Gasteiger partial charge in [0.25, 0.3) is 0 Å². The summed E-state index contributed by atoms with van der Waals surface area (Å²) < 4.78 is 48.7. The van der Waals surface area contributed by atoms with Crippen LogP contribution < -0.4 is 4.74 Å². The van der Waals surface area contributed by atoms with Crippen LogP contribution in [0.3, 0.4) is 0 Å². The summed E-state index contributed by atoms with van der Waals surface area (Å²) in [6.45, 7) is 0.369. The quantitative estimate of drug-likeness (QED) is 0.615. The number of methoxy groups -OCH3 is 1. The maximum Gasteiger partial charge on any atom is 0.247 e. The third-order valence-corrected chi connectivity index (χ3v) is 6.72. The van der Waals surface area contributed by atoms with Crippen LogP contribution in [0.1, 0.15) is 10.6 Å². The van der Waals surface area contributed by atoms with Gasteiger partial charge in [-0.15, -0.1) is 11.3 Å². The van der Waals surface area contributed by atoms with Gasteiger partial charge in [0, 0.05) is 30.4 Å². The predicted octanol–water partition coefficient (Wildman–Crippen LogP) is 3.63. The lowest BCUT2D eigenvalue weighted by Gasteiger charge is -2.23. The minimum Gasteiger partial charge on any atom is -0.495 e. The zero-order chi connectivity index (χ0) is 18.7. The van der Waals surface area contributed by atoms with Crippen molar-refractivity contribution in [3.63, 3.8) is 0 Å². The van der Waals surface area contributed by atoms with Gasteiger partial charge in [0.05, 0.1) is 13.7 Å². The molecule has 0 aliphatic heterocycles. The topological polar surface area (TPSA) is 51.5 Å². The standard InChI is InChI=1S/C18H19FN2O3S2/c1-20-9-3-5-15(20)12-21(13-16-6-4-10-25-16)26(22,23)18-11-14(19)7-8-17(18)24-2/h3-11H,12-13H2,1-2H3. The summed E-state index contributed by atoms with van der Waals surface area (Å²) in [4.78, 5) is 0.726. The Morgan fingerprint density at radius 1 is 1.19 bits per heavy atom. The molecule has 8 heteroatoms. The fourth-order valence-corrected chi connectivity index (χ4v) is 4.99. The van der Waals surface area contributed by atoms with E-state index in [0.717, 1.165) is 16.6 Å². The first-order valence-electron chi connectivity index (χ1n) is 7.88. The number of aromatic nitrogens is 1. The molecule has 0 aliphatic rings. The molecule has 5 nitrogen and oxygen atoms in total. The van der Waals surface area contributed by atoms with Gasteiger partial charge in [-0.1, -0.05) is 6.07 Å². The van der Waals surface area contributed by atoms with Crippen LogP contribution in [0.25, 0.3) is 0 Å². The van der Waals surface area contributed by atoms with Crippen LogP contribution in [0.5, 0.6) is 5.75 Å². The van der Waals surface area contributed by atoms with Crippen LogP contribution in [0.15, 0.2) is 58.9 Å². The number of thiophene rings is 1. The summed E-state index contributed by atoms with van der Waals surface area (Å²) >= 11 is 1.47. The molecule has 0 radical (unpaired) electrons. The first kappa shape index (κ1) is 18.6. The van der Waals surface area contributed by atoms with E-state index in [2.05, 4.69) is 0 Å². The minimum absolute atomic E-state index is 0.120. The smallest absolute Gasteiger partial charge is 0.247 e. The Morgan fingerprint density at radius 2 is 2.00 bits per heavy atom. The van der Waals surface area contributed by atoms with E-state index in [4.69, 9.17) is 4.74 Å². The summed E-state index contributed by atoms with van der Waals surface area (Å²) in [5, 5.41) is 1.89. The molecule has 3 aromatic rings. The Bertz CT molecular complexity index is 982. The van der Waals surface area contributed by atoms with Crippen molar-refractivity contribution in [1.82, 2.24) is 8.87 Å². The van der Waals surface area contributed by atoms with Gasteiger partial charge >= 0.3 is 0 Å². The monoisotopic (exact) mass is 394 g/mol. The highest BCUT2D eigenvalue weighted by molar-refractivity contribution is 7.89. The average molecular weight is 394 g/mol. The second-order valence-electron chi connectivity index (χ2n) is 5.76. The van der Waals surface area contributed by atoms with E-state index in [1.807, 2.05) is 47.5 Å². The molecule has 2 aromatic heterocycles. The highest BCUT2D eigenvalue weighted by atomic mass is 32.2. The summed E-state index contributed by atoms with van der Waals surface area (Å²) in [6, 6.07) is 11.0. The van der Waals surface area contributed by atoms with Crippen molar-refractivity contribution in [1.29, 1.82) is 0 Å². The number of benzene rings is 1. The van der Waals surface area contributed by atoms with Crippen molar-refractivity contribution in [2.45, 2.75) is 18.0 Å². The molecule has 0 N–H and O–H groups in total. The lowest BCUT2D eigenvalue weighted by atomic mass is 10.3. The van der Waals surface area contributed by atoms with Gasteiger partial charge in [-0.05, 0) is 41.8 Å². The maximum absolute atomic E-state index is 13.8. The van der Waals surface area contributed by atoms with Crippen molar-refractivity contribution < 1.29 is 17.5 Å². The van der Waals surface area contributed by atoms with Crippen molar-refractivity contribution >= 4 is 21.4 Å². The molecule has 2 heterocycles. The SMILES string of the molecule is COc1ccc(F)cc1S(=O)(=O)N(Cc1cccs1)Cc1cccn1C. The summed E-state index contributed by atoms with van der Waals surface area (Å²) in [7, 11) is -0.750. The average Bonchev–Trinajstić information content (AvgIpc) is 3.26. The summed E-state index contributed by atoms with van der Waals surface area (Å²) in [6.07, 6.45) is 1.86. The molecule has 0 bridgehead atoms. The van der Waals surface area contributed by atoms with Gasteiger partial charge < -0.3 is 9.30 Å². The normalized spacial score (nSPS) is 11.8. The molecule has 1 aromatic carbocycles. The molecule has 3 rings (SSSR count). The van der Waals surface area contributed by atoms with Crippen LogP contribution in [0, 0.1) is 5.82 Å². The number of sulfonamides is 1. The molecule has 138 valence electrons. The zero-order valence-corrected chi connectivity index (χ0v) is 16.1. The highest BCUT2D eigenvalue weighted by Crippen LogP contribution is 2.30. The van der Waals surface area contributed by atoms with Crippen molar-refractivity contribution in [2.75, 3.05) is 7.11 Å². The molecule has 0 aliphatic carbocycles. The highest BCUT2D eigenvalue weighted by Gasteiger charge is 2.29. The first-order valence-corrected chi connectivity index (χ1v) is 10.2. The number of halogens is 1. The van der Waals surface area contributed by atoms with Gasteiger partial charge in [-0.25, -0.2) is 12.8 Å². The molecule has 0 saturated carbocycles. The van der Waals surface area contributed by atoms with Crippen molar-refractivity contribution in [3.05, 3.63) is 70.4 Å². The van der Waals surface area contributed by atoms with E-state index >= 15 is 0 Å². The largest absolute Gasteiger partial charge is 0.495 e. The lowest BCUT2D eigenvalue weighted by Crippen LogP contribution is -2.31. The van der Waals surface area contributed by atoms with Crippen LogP contribution in [0.2, 0.25) is 0 Å². The number of hydrogen-bond acceptors (Lipinski definition) is 4. The molecule has 26 heavy (non-hydrogen) atoms. The van der Waals surface area contributed by atoms with Gasteiger partial charge in [-0.3, -0.25) is 0 Å². The molecule has 0 amide bonds. The number of rotatable bonds is 7. The maximum atomic E-state index is 13.8. The van der Waals surface area contributed by atoms with Crippen LogP contribution >= 0.6 is 11.3 Å². The van der Waals surface area contributed by atoms with Crippen LogP contribution in [-0.4, -0.2) is 24.4 Å². The molecular weight excluding hydrogens is 375 g/mol. The fraction of sp³-hybridized carbons (Fsp3) is 0.222. The number of nitrogens with zero attached hydrogens (tertiary/aromatic N) is 2. The number of ether oxygens (including phenoxy) is 1. The first-order chi connectivity index (χ1) is 12.4. The van der Waals surface area contributed by atoms with Gasteiger partial charge in [0.2, 0.25) is 10.0 Å². The molecular formula is C18H19FN2O3S2. The lowest BCUT2D eigenvalue weighted by molar-refractivity contribution is 0.378. The molecule has 0 unspecified atom stereocenters. The third kappa shape index (κ3) is 3.82. The molecule has 0 fully saturated rings. The van der Waals surface area contributed by atoms with Crippen LogP contribution in [0.4, 0.5) is 4.39 Å². The van der Waals surface area contributed by atoms with Crippen molar-refractivity contribution in [2.24, 2.45) is 7.05 Å². The predicted molar refractivity (Wildman–Crippen MR) is 99.1 cm³/mol. The third-order valence-electron chi connectivity index (χ3n) is 4.05. The van der Waals surface area contributed by atoms with Gasteiger partial charge in [0.15, 0.2) is 0 Å². The number of aryl methyl sites for hydroxylation is 1.